The zero-order valence-corrected chi connectivity index (χ0v) is 14.5. The largest absolute Gasteiger partial charge is 0.490 e. The first kappa shape index (κ1) is 17.5. The maximum atomic E-state index is 12.5. The molecule has 1 aliphatic rings. The molecule has 0 atom stereocenters. The molecule has 8 nitrogen and oxygen atoms in total. The Labute approximate surface area is 150 Å². The topological polar surface area (TPSA) is 93.9 Å². The van der Waals surface area contributed by atoms with Crippen LogP contribution in [0.3, 0.4) is 0 Å². The van der Waals surface area contributed by atoms with Crippen LogP contribution in [0.2, 0.25) is 0 Å². The average Bonchev–Trinajstić information content (AvgIpc) is 2.86. The molecular weight excluding hydrogens is 338 g/mol. The molecule has 0 saturated carbocycles. The van der Waals surface area contributed by atoms with Gasteiger partial charge in [0.15, 0.2) is 11.5 Å². The van der Waals surface area contributed by atoms with E-state index in [-0.39, 0.29) is 11.3 Å². The summed E-state index contributed by atoms with van der Waals surface area (Å²) in [5, 5.41) is 14.0. The molecule has 0 aromatic heterocycles. The predicted octanol–water partition coefficient (Wildman–Crippen LogP) is 3.07. The van der Waals surface area contributed by atoms with Crippen LogP contribution in [0, 0.1) is 10.1 Å². The monoisotopic (exact) mass is 357 g/mol. The summed E-state index contributed by atoms with van der Waals surface area (Å²) in [7, 11) is 3.42. The summed E-state index contributed by atoms with van der Waals surface area (Å²) in [6.07, 6.45) is 0.790. The molecule has 136 valence electrons. The van der Waals surface area contributed by atoms with E-state index in [1.54, 1.807) is 49.3 Å². The van der Waals surface area contributed by atoms with Crippen molar-refractivity contribution in [3.63, 3.8) is 0 Å². The number of nitro benzene ring substituents is 1. The third kappa shape index (κ3) is 3.69. The van der Waals surface area contributed by atoms with E-state index < -0.39 is 10.8 Å². The van der Waals surface area contributed by atoms with Gasteiger partial charge in [-0.15, -0.1) is 0 Å². The molecule has 1 amide bonds. The number of nitrogens with zero attached hydrogens (tertiary/aromatic N) is 2. The number of carbonyl (C=O) groups excluding carboxylic acids is 1. The quantitative estimate of drug-likeness (QED) is 0.667. The molecule has 1 aliphatic heterocycles. The molecule has 0 saturated heterocycles. The van der Waals surface area contributed by atoms with Crippen LogP contribution < -0.4 is 19.7 Å². The van der Waals surface area contributed by atoms with Crippen LogP contribution >= 0.6 is 0 Å². The van der Waals surface area contributed by atoms with Gasteiger partial charge in [0.05, 0.1) is 18.1 Å². The van der Waals surface area contributed by atoms with E-state index in [4.69, 9.17) is 9.47 Å². The molecule has 0 aliphatic carbocycles. The lowest BCUT2D eigenvalue weighted by molar-refractivity contribution is -0.384. The smallest absolute Gasteiger partial charge is 0.293 e. The summed E-state index contributed by atoms with van der Waals surface area (Å²) < 4.78 is 11.2. The zero-order chi connectivity index (χ0) is 18.7. The summed E-state index contributed by atoms with van der Waals surface area (Å²) in [6.45, 7) is 1.13. The minimum absolute atomic E-state index is 0.124. The second-order valence-electron chi connectivity index (χ2n) is 6.02. The van der Waals surface area contributed by atoms with Crippen molar-refractivity contribution >= 4 is 23.0 Å². The molecule has 0 bridgehead atoms. The van der Waals surface area contributed by atoms with Gasteiger partial charge >= 0.3 is 0 Å². The van der Waals surface area contributed by atoms with Crippen molar-refractivity contribution in [1.82, 2.24) is 0 Å². The van der Waals surface area contributed by atoms with Gasteiger partial charge in [0, 0.05) is 43.9 Å². The van der Waals surface area contributed by atoms with Gasteiger partial charge < -0.3 is 19.7 Å². The first-order chi connectivity index (χ1) is 12.5. The normalized spacial score (nSPS) is 12.8. The number of ether oxygens (including phenoxy) is 2. The Morgan fingerprint density at radius 2 is 1.85 bits per heavy atom. The summed E-state index contributed by atoms with van der Waals surface area (Å²) in [5.41, 5.74) is 1.04. The van der Waals surface area contributed by atoms with Crippen LogP contribution in [0.25, 0.3) is 0 Å². The van der Waals surface area contributed by atoms with Crippen LogP contribution in [0.1, 0.15) is 16.8 Å². The Hall–Kier alpha value is -3.29. The number of carbonyl (C=O) groups is 1. The number of nitrogens with one attached hydrogen (secondary N) is 1. The SMILES string of the molecule is CN(C)c1ccc(C(=O)Nc2ccc3c(c2)OCCCO3)cc1[N+](=O)[O-]. The lowest BCUT2D eigenvalue weighted by Crippen LogP contribution is -2.15. The fraction of sp³-hybridized carbons (Fsp3) is 0.278. The fourth-order valence-corrected chi connectivity index (χ4v) is 2.63. The molecular formula is C18H19N3O5. The summed E-state index contributed by atoms with van der Waals surface area (Å²) in [5.74, 6) is 0.758. The predicted molar refractivity (Wildman–Crippen MR) is 97.4 cm³/mol. The Kier molecular flexibility index (Phi) is 4.92. The van der Waals surface area contributed by atoms with Crippen molar-refractivity contribution in [2.75, 3.05) is 37.5 Å². The molecule has 1 heterocycles. The van der Waals surface area contributed by atoms with E-state index in [0.717, 1.165) is 6.42 Å². The van der Waals surface area contributed by atoms with Gasteiger partial charge in [-0.25, -0.2) is 0 Å². The van der Waals surface area contributed by atoms with Crippen molar-refractivity contribution in [3.8, 4) is 11.5 Å². The Morgan fingerprint density at radius 1 is 1.12 bits per heavy atom. The van der Waals surface area contributed by atoms with Crippen LogP contribution in [0.4, 0.5) is 17.1 Å². The third-order valence-electron chi connectivity index (χ3n) is 3.92. The maximum Gasteiger partial charge on any atom is 0.293 e. The molecule has 0 unspecified atom stereocenters. The van der Waals surface area contributed by atoms with Gasteiger partial charge in [0.2, 0.25) is 0 Å². The summed E-state index contributed by atoms with van der Waals surface area (Å²) >= 11 is 0. The first-order valence-corrected chi connectivity index (χ1v) is 8.12. The van der Waals surface area contributed by atoms with E-state index in [1.165, 1.54) is 6.07 Å². The highest BCUT2D eigenvalue weighted by atomic mass is 16.6. The van der Waals surface area contributed by atoms with Crippen LogP contribution in [-0.2, 0) is 0 Å². The number of fused-ring (bicyclic) bond motifs is 1. The van der Waals surface area contributed by atoms with E-state index >= 15 is 0 Å². The Morgan fingerprint density at radius 3 is 2.54 bits per heavy atom. The van der Waals surface area contributed by atoms with Crippen LogP contribution in [0.15, 0.2) is 36.4 Å². The van der Waals surface area contributed by atoms with E-state index in [2.05, 4.69) is 5.32 Å². The molecule has 2 aromatic rings. The standard InChI is InChI=1S/C18H19N3O5/c1-20(2)14-6-4-12(10-15(14)21(23)24)18(22)19-13-5-7-16-17(11-13)26-9-3-8-25-16/h4-7,10-11H,3,8-9H2,1-2H3,(H,19,22). The van der Waals surface area contributed by atoms with Crippen LogP contribution in [-0.4, -0.2) is 38.1 Å². The fourth-order valence-electron chi connectivity index (χ4n) is 2.63. The minimum Gasteiger partial charge on any atom is -0.490 e. The first-order valence-electron chi connectivity index (χ1n) is 8.12. The summed E-state index contributed by atoms with van der Waals surface area (Å²) in [6, 6.07) is 9.50. The van der Waals surface area contributed by atoms with Gasteiger partial charge in [-0.2, -0.15) is 0 Å². The second kappa shape index (κ2) is 7.30. The van der Waals surface area contributed by atoms with Gasteiger partial charge in [0.1, 0.15) is 5.69 Å². The molecule has 3 rings (SSSR count). The van der Waals surface area contributed by atoms with Crippen molar-refractivity contribution in [2.45, 2.75) is 6.42 Å². The number of hydrogen-bond acceptors (Lipinski definition) is 6. The van der Waals surface area contributed by atoms with Gasteiger partial charge in [-0.3, -0.25) is 14.9 Å². The number of anilines is 2. The third-order valence-corrected chi connectivity index (χ3v) is 3.92. The molecule has 1 N–H and O–H groups in total. The highest BCUT2D eigenvalue weighted by Crippen LogP contribution is 2.33. The highest BCUT2D eigenvalue weighted by molar-refractivity contribution is 6.05. The van der Waals surface area contributed by atoms with Crippen LogP contribution in [0.5, 0.6) is 11.5 Å². The number of hydrogen-bond donors (Lipinski definition) is 1. The van der Waals surface area contributed by atoms with Gasteiger partial charge in [-0.1, -0.05) is 0 Å². The minimum atomic E-state index is -0.500. The molecule has 0 spiro atoms. The highest BCUT2D eigenvalue weighted by Gasteiger charge is 2.19. The van der Waals surface area contributed by atoms with Gasteiger partial charge in [-0.05, 0) is 24.3 Å². The molecule has 0 radical (unpaired) electrons. The summed E-state index contributed by atoms with van der Waals surface area (Å²) in [4.78, 5) is 24.9. The molecule has 0 fully saturated rings. The Bertz CT molecular complexity index is 851. The molecule has 8 heteroatoms. The lowest BCUT2D eigenvalue weighted by atomic mass is 10.1. The van der Waals surface area contributed by atoms with Gasteiger partial charge in [0.25, 0.3) is 11.6 Å². The van der Waals surface area contributed by atoms with Crippen molar-refractivity contribution in [1.29, 1.82) is 0 Å². The average molecular weight is 357 g/mol. The lowest BCUT2D eigenvalue weighted by Gasteiger charge is -2.14. The van der Waals surface area contributed by atoms with Crippen molar-refractivity contribution in [2.24, 2.45) is 0 Å². The number of amides is 1. The molecule has 26 heavy (non-hydrogen) atoms. The van der Waals surface area contributed by atoms with Crippen molar-refractivity contribution in [3.05, 3.63) is 52.1 Å². The molecule has 2 aromatic carbocycles. The number of nitro groups is 1. The number of benzene rings is 2. The van der Waals surface area contributed by atoms with Crippen molar-refractivity contribution < 1.29 is 19.2 Å². The maximum absolute atomic E-state index is 12.5. The van der Waals surface area contributed by atoms with E-state index in [1.807, 2.05) is 0 Å². The number of rotatable bonds is 4. The van der Waals surface area contributed by atoms with E-state index in [0.29, 0.717) is 36.1 Å². The Balaban J connectivity index is 1.83. The zero-order valence-electron chi connectivity index (χ0n) is 14.5. The van der Waals surface area contributed by atoms with E-state index in [9.17, 15) is 14.9 Å². The second-order valence-corrected chi connectivity index (χ2v) is 6.02.